The Hall–Kier alpha value is -4.01. The Bertz CT molecular complexity index is 1330. The van der Waals surface area contributed by atoms with Gasteiger partial charge in [0, 0.05) is 6.20 Å². The van der Waals surface area contributed by atoms with Crippen LogP contribution in [0.4, 0.5) is 10.3 Å². The van der Waals surface area contributed by atoms with Crippen molar-refractivity contribution in [1.29, 1.82) is 0 Å². The van der Waals surface area contributed by atoms with Crippen LogP contribution in [-0.4, -0.2) is 26.6 Å². The van der Waals surface area contributed by atoms with Crippen molar-refractivity contribution in [3.8, 4) is 11.4 Å². The lowest BCUT2D eigenvalue weighted by Crippen LogP contribution is -2.34. The molecule has 8 nitrogen and oxygen atoms in total. The minimum Gasteiger partial charge on any atom is -0.495 e. The predicted octanol–water partition coefficient (Wildman–Crippen LogP) is 2.79. The van der Waals surface area contributed by atoms with E-state index >= 15 is 0 Å². The van der Waals surface area contributed by atoms with E-state index in [4.69, 9.17) is 4.74 Å². The maximum atomic E-state index is 13.1. The highest BCUT2D eigenvalue weighted by Crippen LogP contribution is 2.20. The van der Waals surface area contributed by atoms with Gasteiger partial charge in [-0.2, -0.15) is 4.98 Å². The highest BCUT2D eigenvalue weighted by molar-refractivity contribution is 5.74. The number of methoxy groups -OCH3 is 1. The minimum atomic E-state index is -0.645. The third-order valence-electron chi connectivity index (χ3n) is 4.69. The Morgan fingerprint density at radius 3 is 2.60 bits per heavy atom. The van der Waals surface area contributed by atoms with E-state index in [0.717, 1.165) is 10.1 Å². The van der Waals surface area contributed by atoms with Gasteiger partial charge in [-0.15, -0.1) is 0 Å². The van der Waals surface area contributed by atoms with E-state index in [9.17, 15) is 14.0 Å². The molecular formula is C21H18FN5O3. The van der Waals surface area contributed by atoms with Crippen LogP contribution in [0.1, 0.15) is 18.5 Å². The van der Waals surface area contributed by atoms with Crippen molar-refractivity contribution in [2.45, 2.75) is 13.0 Å². The number of hydrogen-bond acceptors (Lipinski definition) is 6. The van der Waals surface area contributed by atoms with Crippen molar-refractivity contribution in [1.82, 2.24) is 19.5 Å². The van der Waals surface area contributed by atoms with Crippen molar-refractivity contribution in [2.75, 3.05) is 12.4 Å². The number of aromatic amines is 1. The van der Waals surface area contributed by atoms with E-state index in [2.05, 4.69) is 20.3 Å². The SMILES string of the molecule is COc1ccccc1-n1c(=O)[nH]c2nc(N[C@@H](C)c3ccc(F)cc3)ncc2c1=O. The van der Waals surface area contributed by atoms with Crippen LogP contribution >= 0.6 is 0 Å². The fourth-order valence-electron chi connectivity index (χ4n) is 3.13. The molecule has 4 aromatic rings. The zero-order valence-electron chi connectivity index (χ0n) is 16.2. The third kappa shape index (κ3) is 3.52. The summed E-state index contributed by atoms with van der Waals surface area (Å²) >= 11 is 0. The van der Waals surface area contributed by atoms with Crippen molar-refractivity contribution in [3.05, 3.63) is 86.9 Å². The first kappa shape index (κ1) is 19.3. The van der Waals surface area contributed by atoms with Crippen molar-refractivity contribution in [3.63, 3.8) is 0 Å². The maximum absolute atomic E-state index is 13.1. The predicted molar refractivity (Wildman–Crippen MR) is 111 cm³/mol. The maximum Gasteiger partial charge on any atom is 0.334 e. The van der Waals surface area contributed by atoms with E-state index in [1.807, 2.05) is 6.92 Å². The standard InChI is InChI=1S/C21H18FN5O3/c1-12(13-7-9-14(22)10-8-13)24-20-23-11-15-18(25-20)26-21(29)27(19(15)28)16-5-3-4-6-17(16)30-2/h3-12H,1-2H3,(H2,23,24,25,26,29)/t12-/m0/s1. The number of halogens is 1. The van der Waals surface area contributed by atoms with E-state index in [1.54, 1.807) is 36.4 Å². The van der Waals surface area contributed by atoms with E-state index in [-0.39, 0.29) is 28.8 Å². The first-order valence-corrected chi connectivity index (χ1v) is 9.15. The van der Waals surface area contributed by atoms with Gasteiger partial charge in [0.15, 0.2) is 5.65 Å². The highest BCUT2D eigenvalue weighted by atomic mass is 19.1. The Morgan fingerprint density at radius 2 is 1.87 bits per heavy atom. The van der Waals surface area contributed by atoms with Crippen molar-refractivity contribution >= 4 is 17.0 Å². The second-order valence-electron chi connectivity index (χ2n) is 6.62. The molecule has 0 amide bonds. The molecule has 2 heterocycles. The Kier molecular flexibility index (Phi) is 5.01. The fourth-order valence-corrected chi connectivity index (χ4v) is 3.13. The largest absolute Gasteiger partial charge is 0.495 e. The topological polar surface area (TPSA) is 102 Å². The zero-order chi connectivity index (χ0) is 21.3. The van der Waals surface area contributed by atoms with Crippen LogP contribution in [0, 0.1) is 5.82 Å². The summed E-state index contributed by atoms with van der Waals surface area (Å²) in [6, 6.07) is 12.5. The first-order chi connectivity index (χ1) is 14.5. The van der Waals surface area contributed by atoms with Crippen LogP contribution in [0.3, 0.4) is 0 Å². The van der Waals surface area contributed by atoms with E-state index in [1.165, 1.54) is 25.4 Å². The molecule has 30 heavy (non-hydrogen) atoms. The third-order valence-corrected chi connectivity index (χ3v) is 4.69. The Balaban J connectivity index is 1.74. The van der Waals surface area contributed by atoms with Crippen LogP contribution in [0.15, 0.2) is 64.3 Å². The molecule has 0 radical (unpaired) electrons. The average molecular weight is 407 g/mol. The molecule has 0 aliphatic heterocycles. The number of benzene rings is 2. The summed E-state index contributed by atoms with van der Waals surface area (Å²) in [7, 11) is 1.46. The number of rotatable bonds is 5. The molecular weight excluding hydrogens is 389 g/mol. The summed E-state index contributed by atoms with van der Waals surface area (Å²) in [5.74, 6) is 0.290. The second kappa shape index (κ2) is 7.78. The van der Waals surface area contributed by atoms with E-state index < -0.39 is 11.2 Å². The molecule has 0 saturated heterocycles. The summed E-state index contributed by atoms with van der Waals surface area (Å²) in [4.78, 5) is 36.7. The Labute approximate surface area is 170 Å². The minimum absolute atomic E-state index is 0.111. The summed E-state index contributed by atoms with van der Waals surface area (Å²) < 4.78 is 19.4. The summed E-state index contributed by atoms with van der Waals surface area (Å²) in [5.41, 5.74) is 0.0602. The molecule has 2 aromatic heterocycles. The lowest BCUT2D eigenvalue weighted by Gasteiger charge is -2.14. The first-order valence-electron chi connectivity index (χ1n) is 9.15. The Morgan fingerprint density at radius 1 is 1.13 bits per heavy atom. The molecule has 0 fully saturated rings. The summed E-state index contributed by atoms with van der Waals surface area (Å²) in [6.07, 6.45) is 1.35. The van der Waals surface area contributed by atoms with Crippen LogP contribution in [0.25, 0.3) is 16.7 Å². The normalized spacial score (nSPS) is 12.0. The molecule has 2 aromatic carbocycles. The number of nitrogens with one attached hydrogen (secondary N) is 2. The number of nitrogens with zero attached hydrogens (tertiary/aromatic N) is 3. The van der Waals surface area contributed by atoms with Gasteiger partial charge in [0.2, 0.25) is 5.95 Å². The lowest BCUT2D eigenvalue weighted by molar-refractivity contribution is 0.412. The lowest BCUT2D eigenvalue weighted by atomic mass is 10.1. The molecule has 9 heteroatoms. The molecule has 152 valence electrons. The molecule has 4 rings (SSSR count). The molecule has 2 N–H and O–H groups in total. The second-order valence-corrected chi connectivity index (χ2v) is 6.62. The number of ether oxygens (including phenoxy) is 1. The number of fused-ring (bicyclic) bond motifs is 1. The molecule has 0 saturated carbocycles. The van der Waals surface area contributed by atoms with Gasteiger partial charge in [-0.25, -0.2) is 18.7 Å². The molecule has 0 spiro atoms. The van der Waals surface area contributed by atoms with Gasteiger partial charge in [0.25, 0.3) is 5.56 Å². The van der Waals surface area contributed by atoms with Gasteiger partial charge < -0.3 is 10.1 Å². The summed E-state index contributed by atoms with van der Waals surface area (Å²) in [6.45, 7) is 1.86. The number of hydrogen-bond donors (Lipinski definition) is 2. The van der Waals surface area contributed by atoms with Gasteiger partial charge in [0.1, 0.15) is 17.0 Å². The quantitative estimate of drug-likeness (QED) is 0.528. The molecule has 0 aliphatic carbocycles. The van der Waals surface area contributed by atoms with Crippen molar-refractivity contribution in [2.24, 2.45) is 0 Å². The summed E-state index contributed by atoms with van der Waals surface area (Å²) in [5, 5.41) is 3.23. The fraction of sp³-hybridized carbons (Fsp3) is 0.143. The van der Waals surface area contributed by atoms with Crippen molar-refractivity contribution < 1.29 is 9.13 Å². The molecule has 0 bridgehead atoms. The number of aromatic nitrogens is 4. The van der Waals surface area contributed by atoms with Gasteiger partial charge in [0.05, 0.1) is 18.8 Å². The molecule has 0 aliphatic rings. The van der Waals surface area contributed by atoms with Crippen LogP contribution < -0.4 is 21.3 Å². The van der Waals surface area contributed by atoms with Gasteiger partial charge >= 0.3 is 5.69 Å². The number of H-pyrrole nitrogens is 1. The zero-order valence-corrected chi connectivity index (χ0v) is 16.2. The average Bonchev–Trinajstić information content (AvgIpc) is 2.74. The van der Waals surface area contributed by atoms with E-state index in [0.29, 0.717) is 11.4 Å². The highest BCUT2D eigenvalue weighted by Gasteiger charge is 2.15. The van der Waals surface area contributed by atoms with Gasteiger partial charge in [-0.1, -0.05) is 24.3 Å². The molecule has 1 atom stereocenters. The number of para-hydroxylation sites is 2. The van der Waals surface area contributed by atoms with Crippen LogP contribution in [0.5, 0.6) is 5.75 Å². The monoisotopic (exact) mass is 407 g/mol. The van der Waals surface area contributed by atoms with Crippen LogP contribution in [-0.2, 0) is 0 Å². The molecule has 0 unspecified atom stereocenters. The van der Waals surface area contributed by atoms with Crippen LogP contribution in [0.2, 0.25) is 0 Å². The van der Waals surface area contributed by atoms with Gasteiger partial charge in [-0.3, -0.25) is 9.78 Å². The number of anilines is 1. The smallest absolute Gasteiger partial charge is 0.334 e. The van der Waals surface area contributed by atoms with Gasteiger partial charge in [-0.05, 0) is 36.8 Å².